The van der Waals surface area contributed by atoms with Gasteiger partial charge in [0.15, 0.2) is 0 Å². The van der Waals surface area contributed by atoms with Gasteiger partial charge in [-0.05, 0) is 34.7 Å². The fraction of sp³-hybridized carbons (Fsp3) is 0.571. The Morgan fingerprint density at radius 3 is 2.70 bits per heavy atom. The monoisotopic (exact) mass is 362 g/mol. The zero-order chi connectivity index (χ0) is 14.8. The van der Waals surface area contributed by atoms with E-state index in [-0.39, 0.29) is 0 Å². The summed E-state index contributed by atoms with van der Waals surface area (Å²) in [6.45, 7) is 1.39. The standard InChI is InChI=1S/C12H16BrClN2.C2H4O2/c13-10-8-16-12(6-11(10)14)15-7-9-4-2-1-3-5-9;1-4-2-3/h6,8-9H,1-5,7H2,(H,15,16);2H,1H3. The number of methoxy groups -OCH3 is 1. The molecule has 0 aromatic carbocycles. The van der Waals surface area contributed by atoms with Crippen molar-refractivity contribution >= 4 is 39.8 Å². The Morgan fingerprint density at radius 2 is 2.15 bits per heavy atom. The van der Waals surface area contributed by atoms with Gasteiger partial charge in [-0.25, -0.2) is 4.98 Å². The van der Waals surface area contributed by atoms with E-state index in [1.807, 2.05) is 6.07 Å². The van der Waals surface area contributed by atoms with Crippen LogP contribution in [-0.4, -0.2) is 25.1 Å². The summed E-state index contributed by atoms with van der Waals surface area (Å²) < 4.78 is 4.71. The largest absolute Gasteiger partial charge is 0.471 e. The van der Waals surface area contributed by atoms with E-state index in [1.54, 1.807) is 6.20 Å². The van der Waals surface area contributed by atoms with E-state index in [9.17, 15) is 0 Å². The molecule has 0 saturated heterocycles. The van der Waals surface area contributed by atoms with E-state index in [4.69, 9.17) is 16.4 Å². The summed E-state index contributed by atoms with van der Waals surface area (Å²) in [5.74, 6) is 1.68. The fourth-order valence-corrected chi connectivity index (χ4v) is 2.52. The Kier molecular flexibility index (Phi) is 8.62. The second-order valence-corrected chi connectivity index (χ2v) is 5.96. The molecule has 1 aromatic rings. The van der Waals surface area contributed by atoms with Crippen LogP contribution in [0.4, 0.5) is 5.82 Å². The number of nitrogens with zero attached hydrogens (tertiary/aromatic N) is 1. The number of hydrogen-bond donors (Lipinski definition) is 1. The summed E-state index contributed by atoms with van der Waals surface area (Å²) in [5.41, 5.74) is 0. The fourth-order valence-electron chi connectivity index (χ4n) is 2.15. The molecule has 6 heteroatoms. The lowest BCUT2D eigenvalue weighted by Crippen LogP contribution is -2.17. The highest BCUT2D eigenvalue weighted by atomic mass is 79.9. The maximum Gasteiger partial charge on any atom is 0.292 e. The molecule has 4 nitrogen and oxygen atoms in total. The van der Waals surface area contributed by atoms with Crippen LogP contribution in [0.1, 0.15) is 32.1 Å². The maximum atomic E-state index is 8.95. The number of anilines is 1. The van der Waals surface area contributed by atoms with E-state index in [1.165, 1.54) is 39.2 Å². The van der Waals surface area contributed by atoms with Crippen molar-refractivity contribution in [3.63, 3.8) is 0 Å². The van der Waals surface area contributed by atoms with Crippen LogP contribution in [0.2, 0.25) is 5.02 Å². The molecular weight excluding hydrogens is 344 g/mol. The molecule has 1 aromatic heterocycles. The Hall–Kier alpha value is -0.810. The van der Waals surface area contributed by atoms with Crippen molar-refractivity contribution in [2.45, 2.75) is 32.1 Å². The molecule has 1 aliphatic rings. The van der Waals surface area contributed by atoms with Crippen molar-refractivity contribution in [2.24, 2.45) is 5.92 Å². The zero-order valence-corrected chi connectivity index (χ0v) is 13.9. The molecule has 0 unspecified atom stereocenters. The first-order valence-corrected chi connectivity index (χ1v) is 7.85. The van der Waals surface area contributed by atoms with E-state index in [2.05, 4.69) is 31.0 Å². The molecule has 1 N–H and O–H groups in total. The van der Waals surface area contributed by atoms with E-state index < -0.39 is 0 Å². The lowest BCUT2D eigenvalue weighted by molar-refractivity contribution is -0.126. The smallest absolute Gasteiger partial charge is 0.292 e. The third kappa shape index (κ3) is 6.57. The van der Waals surface area contributed by atoms with Crippen molar-refractivity contribution in [1.29, 1.82) is 0 Å². The second-order valence-electron chi connectivity index (χ2n) is 4.70. The summed E-state index contributed by atoms with van der Waals surface area (Å²) >= 11 is 9.34. The number of carbonyl (C=O) groups excluding carboxylic acids is 1. The summed E-state index contributed by atoms with van der Waals surface area (Å²) in [5, 5.41) is 4.08. The van der Waals surface area contributed by atoms with Crippen LogP contribution < -0.4 is 5.32 Å². The van der Waals surface area contributed by atoms with Gasteiger partial charge in [0, 0.05) is 18.8 Å². The second kappa shape index (κ2) is 10.00. The first-order valence-electron chi connectivity index (χ1n) is 6.68. The van der Waals surface area contributed by atoms with Crippen LogP contribution in [-0.2, 0) is 9.53 Å². The highest BCUT2D eigenvalue weighted by Crippen LogP contribution is 2.26. The molecule has 0 amide bonds. The number of nitrogens with one attached hydrogen (secondary N) is 1. The molecule has 0 aliphatic heterocycles. The van der Waals surface area contributed by atoms with Gasteiger partial charge in [0.2, 0.25) is 0 Å². The van der Waals surface area contributed by atoms with Gasteiger partial charge in [-0.2, -0.15) is 0 Å². The van der Waals surface area contributed by atoms with Crippen LogP contribution in [0, 0.1) is 5.92 Å². The Morgan fingerprint density at radius 1 is 1.50 bits per heavy atom. The third-order valence-corrected chi connectivity index (χ3v) is 4.37. The molecule has 20 heavy (non-hydrogen) atoms. The van der Waals surface area contributed by atoms with Crippen molar-refractivity contribution in [3.05, 3.63) is 21.8 Å². The number of hydrogen-bond acceptors (Lipinski definition) is 4. The number of ether oxygens (including phenoxy) is 1. The SMILES string of the molecule is COC=O.Clc1cc(NCC2CCCCC2)ncc1Br. The lowest BCUT2D eigenvalue weighted by atomic mass is 9.89. The van der Waals surface area contributed by atoms with Crippen LogP contribution in [0.3, 0.4) is 0 Å². The minimum absolute atomic E-state index is 0.375. The first kappa shape index (κ1) is 17.2. The summed E-state index contributed by atoms with van der Waals surface area (Å²) in [4.78, 5) is 13.2. The molecule has 1 fully saturated rings. The maximum absolute atomic E-state index is 8.95. The summed E-state index contributed by atoms with van der Waals surface area (Å²) in [6.07, 6.45) is 8.58. The van der Waals surface area contributed by atoms with Crippen molar-refractivity contribution in [1.82, 2.24) is 4.98 Å². The van der Waals surface area contributed by atoms with Crippen LogP contribution in [0.15, 0.2) is 16.7 Å². The van der Waals surface area contributed by atoms with Gasteiger partial charge in [0.05, 0.1) is 16.6 Å². The quantitative estimate of drug-likeness (QED) is 0.811. The van der Waals surface area contributed by atoms with Gasteiger partial charge in [0.1, 0.15) is 5.82 Å². The van der Waals surface area contributed by atoms with Gasteiger partial charge in [0.25, 0.3) is 6.47 Å². The van der Waals surface area contributed by atoms with E-state index in [0.29, 0.717) is 11.5 Å². The topological polar surface area (TPSA) is 51.2 Å². The van der Waals surface area contributed by atoms with Crippen molar-refractivity contribution < 1.29 is 9.53 Å². The average Bonchev–Trinajstić information content (AvgIpc) is 2.50. The molecule has 0 radical (unpaired) electrons. The Balaban J connectivity index is 0.000000444. The number of aromatic nitrogens is 1. The summed E-state index contributed by atoms with van der Waals surface area (Å²) in [7, 11) is 1.31. The molecular formula is C14H20BrClN2O2. The number of carbonyl (C=O) groups is 1. The normalized spacial score (nSPS) is 14.9. The molecule has 1 heterocycles. The van der Waals surface area contributed by atoms with Gasteiger partial charge < -0.3 is 10.1 Å². The molecule has 112 valence electrons. The molecule has 0 spiro atoms. The van der Waals surface area contributed by atoms with Crippen LogP contribution in [0.25, 0.3) is 0 Å². The Labute approximate surface area is 133 Å². The molecule has 1 saturated carbocycles. The highest BCUT2D eigenvalue weighted by Gasteiger charge is 2.13. The van der Waals surface area contributed by atoms with Gasteiger partial charge in [-0.3, -0.25) is 4.79 Å². The van der Waals surface area contributed by atoms with Crippen molar-refractivity contribution in [2.75, 3.05) is 19.0 Å². The third-order valence-electron chi connectivity index (χ3n) is 3.20. The lowest BCUT2D eigenvalue weighted by Gasteiger charge is -2.22. The minimum Gasteiger partial charge on any atom is -0.471 e. The van der Waals surface area contributed by atoms with E-state index >= 15 is 0 Å². The first-order chi connectivity index (χ1) is 9.67. The van der Waals surface area contributed by atoms with Crippen LogP contribution in [0.5, 0.6) is 0 Å². The summed E-state index contributed by atoms with van der Waals surface area (Å²) in [6, 6.07) is 1.87. The minimum atomic E-state index is 0.375. The molecule has 0 atom stereocenters. The molecule has 0 bridgehead atoms. The number of pyridine rings is 1. The van der Waals surface area contributed by atoms with Crippen molar-refractivity contribution in [3.8, 4) is 0 Å². The predicted molar refractivity (Wildman–Crippen MR) is 85.1 cm³/mol. The van der Waals surface area contributed by atoms with Gasteiger partial charge >= 0.3 is 0 Å². The molecule has 2 rings (SSSR count). The predicted octanol–water partition coefficient (Wildman–Crippen LogP) is 4.28. The van der Waals surface area contributed by atoms with Gasteiger partial charge in [-0.15, -0.1) is 0 Å². The zero-order valence-electron chi connectivity index (χ0n) is 11.6. The highest BCUT2D eigenvalue weighted by molar-refractivity contribution is 9.10. The average molecular weight is 364 g/mol. The number of halogens is 2. The van der Waals surface area contributed by atoms with E-state index in [0.717, 1.165) is 22.8 Å². The van der Waals surface area contributed by atoms with Crippen LogP contribution >= 0.6 is 27.5 Å². The van der Waals surface area contributed by atoms with Gasteiger partial charge in [-0.1, -0.05) is 30.9 Å². The molecule has 1 aliphatic carbocycles. The number of rotatable bonds is 4. The Bertz CT molecular complexity index is 412.